The maximum atomic E-state index is 12.0. The van der Waals surface area contributed by atoms with Crippen LogP contribution in [0.15, 0.2) is 30.3 Å². The molecule has 1 aromatic carbocycles. The molecular weight excluding hydrogens is 264 g/mol. The zero-order valence-electron chi connectivity index (χ0n) is 10.8. The van der Waals surface area contributed by atoms with Crippen LogP contribution >= 0.6 is 0 Å². The van der Waals surface area contributed by atoms with E-state index in [1.165, 1.54) is 0 Å². The van der Waals surface area contributed by atoms with Crippen LogP contribution < -0.4 is 10.6 Å². The second-order valence-electron chi connectivity index (χ2n) is 4.15. The van der Waals surface area contributed by atoms with E-state index in [1.54, 1.807) is 30.3 Å². The summed E-state index contributed by atoms with van der Waals surface area (Å²) in [6.45, 7) is -1.33. The number of aliphatic hydroxyl groups is 3. The quantitative estimate of drug-likeness (QED) is 0.409. The monoisotopic (exact) mass is 282 g/mol. The molecule has 0 aromatic heterocycles. The molecule has 0 fully saturated rings. The van der Waals surface area contributed by atoms with Crippen molar-refractivity contribution in [3.63, 3.8) is 0 Å². The smallest absolute Gasteiger partial charge is 0.247 e. The summed E-state index contributed by atoms with van der Waals surface area (Å²) in [6.07, 6.45) is -1.07. The third-order valence-corrected chi connectivity index (χ3v) is 2.57. The number of benzene rings is 1. The molecule has 0 aliphatic carbocycles. The summed E-state index contributed by atoms with van der Waals surface area (Å²) >= 11 is 0. The van der Waals surface area contributed by atoms with E-state index in [0.717, 1.165) is 0 Å². The summed E-state index contributed by atoms with van der Waals surface area (Å²) in [4.78, 5) is 23.3. The van der Waals surface area contributed by atoms with Crippen molar-refractivity contribution in [2.45, 2.75) is 12.1 Å². The molecular formula is C13H18N2O5. The Bertz CT molecular complexity index is 438. The lowest BCUT2D eigenvalue weighted by molar-refractivity contribution is -0.130. The lowest BCUT2D eigenvalue weighted by Gasteiger charge is -2.19. The lowest BCUT2D eigenvalue weighted by atomic mass is 10.1. The molecule has 1 unspecified atom stereocenters. The number of carbonyl (C=O) groups is 2. The van der Waals surface area contributed by atoms with E-state index in [0.29, 0.717) is 5.56 Å². The molecule has 0 aliphatic heterocycles. The molecule has 5 N–H and O–H groups in total. The average molecular weight is 282 g/mol. The molecule has 7 heteroatoms. The third kappa shape index (κ3) is 4.96. The number of nitrogens with one attached hydrogen (secondary N) is 2. The van der Waals surface area contributed by atoms with Crippen molar-refractivity contribution in [2.24, 2.45) is 0 Å². The van der Waals surface area contributed by atoms with Crippen LogP contribution in [0.3, 0.4) is 0 Å². The van der Waals surface area contributed by atoms with Gasteiger partial charge in [-0.25, -0.2) is 0 Å². The highest BCUT2D eigenvalue weighted by Gasteiger charge is 2.22. The molecule has 0 radical (unpaired) electrons. The van der Waals surface area contributed by atoms with Crippen LogP contribution in [-0.4, -0.2) is 53.0 Å². The summed E-state index contributed by atoms with van der Waals surface area (Å²) in [6, 6.07) is 7.53. The van der Waals surface area contributed by atoms with Crippen molar-refractivity contribution in [3.05, 3.63) is 35.9 Å². The second kappa shape index (κ2) is 8.26. The van der Waals surface area contributed by atoms with Gasteiger partial charge in [0.25, 0.3) is 0 Å². The first-order valence-electron chi connectivity index (χ1n) is 6.10. The van der Waals surface area contributed by atoms with Gasteiger partial charge in [-0.3, -0.25) is 9.59 Å². The molecule has 20 heavy (non-hydrogen) atoms. The van der Waals surface area contributed by atoms with Gasteiger partial charge >= 0.3 is 0 Å². The summed E-state index contributed by atoms with van der Waals surface area (Å²) in [7, 11) is 0. The molecule has 0 bridgehead atoms. The van der Waals surface area contributed by atoms with Crippen LogP contribution in [0.2, 0.25) is 0 Å². The van der Waals surface area contributed by atoms with Gasteiger partial charge in [-0.05, 0) is 5.56 Å². The molecule has 0 spiro atoms. The topological polar surface area (TPSA) is 119 Å². The molecule has 2 amide bonds. The average Bonchev–Trinajstić information content (AvgIpc) is 2.50. The van der Waals surface area contributed by atoms with Crippen molar-refractivity contribution in [1.29, 1.82) is 0 Å². The van der Waals surface area contributed by atoms with Crippen LogP contribution in [0, 0.1) is 0 Å². The van der Waals surface area contributed by atoms with Crippen LogP contribution in [0.25, 0.3) is 0 Å². The van der Waals surface area contributed by atoms with Crippen LogP contribution in [0.5, 0.6) is 0 Å². The number of carbonyl (C=O) groups excluding carboxylic acids is 2. The van der Waals surface area contributed by atoms with Crippen molar-refractivity contribution in [2.75, 3.05) is 19.8 Å². The van der Waals surface area contributed by atoms with E-state index >= 15 is 0 Å². The van der Waals surface area contributed by atoms with Gasteiger partial charge in [-0.1, -0.05) is 30.3 Å². The molecule has 0 aliphatic rings. The zero-order valence-corrected chi connectivity index (χ0v) is 10.8. The number of amides is 2. The predicted molar refractivity (Wildman–Crippen MR) is 70.5 cm³/mol. The Morgan fingerprint density at radius 3 is 2.35 bits per heavy atom. The standard InChI is InChI=1S/C13H18N2O5/c16-7-10(18)6-14-13(20)12(15-11(19)8-17)9-4-2-1-3-5-9/h1-5,10,12,16-18H,6-8H2,(H,14,20)(H,15,19)/t10-,12?/m1/s1. The Labute approximate surface area is 116 Å². The SMILES string of the molecule is O=C(CO)NC(C(=O)NC[C@@H](O)CO)c1ccccc1. The Morgan fingerprint density at radius 2 is 1.80 bits per heavy atom. The fourth-order valence-corrected chi connectivity index (χ4v) is 1.54. The number of rotatable bonds is 7. The molecule has 110 valence electrons. The van der Waals surface area contributed by atoms with Crippen molar-refractivity contribution >= 4 is 11.8 Å². The first kappa shape index (κ1) is 16.1. The van der Waals surface area contributed by atoms with Gasteiger partial charge in [0.05, 0.1) is 12.7 Å². The lowest BCUT2D eigenvalue weighted by Crippen LogP contribution is -2.44. The largest absolute Gasteiger partial charge is 0.394 e. The fourth-order valence-electron chi connectivity index (χ4n) is 1.54. The van der Waals surface area contributed by atoms with Gasteiger partial charge in [0.2, 0.25) is 11.8 Å². The van der Waals surface area contributed by atoms with E-state index < -0.39 is 37.2 Å². The maximum absolute atomic E-state index is 12.0. The Morgan fingerprint density at radius 1 is 1.15 bits per heavy atom. The Balaban J connectivity index is 2.77. The minimum atomic E-state index is -1.07. The summed E-state index contributed by atoms with van der Waals surface area (Å²) in [5.41, 5.74) is 0.547. The molecule has 0 heterocycles. The molecule has 0 saturated carbocycles. The van der Waals surface area contributed by atoms with Crippen LogP contribution in [-0.2, 0) is 9.59 Å². The van der Waals surface area contributed by atoms with Crippen LogP contribution in [0.1, 0.15) is 11.6 Å². The molecule has 7 nitrogen and oxygen atoms in total. The second-order valence-corrected chi connectivity index (χ2v) is 4.15. The molecule has 1 rings (SSSR count). The molecule has 0 saturated heterocycles. The number of hydrogen-bond acceptors (Lipinski definition) is 5. The summed E-state index contributed by atoms with van der Waals surface area (Å²) in [5.74, 6) is -1.22. The maximum Gasteiger partial charge on any atom is 0.247 e. The summed E-state index contributed by atoms with van der Waals surface area (Å²) in [5, 5.41) is 31.4. The fraction of sp³-hybridized carbons (Fsp3) is 0.385. The van der Waals surface area contributed by atoms with Gasteiger partial charge in [-0.2, -0.15) is 0 Å². The van der Waals surface area contributed by atoms with E-state index in [1.807, 2.05) is 0 Å². The third-order valence-electron chi connectivity index (χ3n) is 2.57. The first-order valence-corrected chi connectivity index (χ1v) is 6.10. The highest BCUT2D eigenvalue weighted by molar-refractivity contribution is 5.88. The van der Waals surface area contributed by atoms with Gasteiger partial charge in [0, 0.05) is 6.54 Å². The van der Waals surface area contributed by atoms with Crippen LogP contribution in [0.4, 0.5) is 0 Å². The van der Waals surface area contributed by atoms with Gasteiger partial charge in [0.15, 0.2) is 0 Å². The highest BCUT2D eigenvalue weighted by Crippen LogP contribution is 2.12. The van der Waals surface area contributed by atoms with Crippen molar-refractivity contribution in [1.82, 2.24) is 10.6 Å². The summed E-state index contributed by atoms with van der Waals surface area (Å²) < 4.78 is 0. The van der Waals surface area contributed by atoms with Gasteiger partial charge in [-0.15, -0.1) is 0 Å². The zero-order chi connectivity index (χ0) is 15.0. The molecule has 1 aromatic rings. The number of aliphatic hydroxyl groups excluding tert-OH is 3. The first-order chi connectivity index (χ1) is 9.58. The molecule has 2 atom stereocenters. The normalized spacial score (nSPS) is 13.3. The van der Waals surface area contributed by atoms with Gasteiger partial charge < -0.3 is 26.0 Å². The van der Waals surface area contributed by atoms with Crippen molar-refractivity contribution in [3.8, 4) is 0 Å². The van der Waals surface area contributed by atoms with E-state index in [2.05, 4.69) is 10.6 Å². The van der Waals surface area contributed by atoms with Gasteiger partial charge in [0.1, 0.15) is 12.6 Å². The van der Waals surface area contributed by atoms with E-state index in [4.69, 9.17) is 10.2 Å². The van der Waals surface area contributed by atoms with E-state index in [-0.39, 0.29) is 6.54 Å². The van der Waals surface area contributed by atoms with E-state index in [9.17, 15) is 14.7 Å². The minimum absolute atomic E-state index is 0.131. The minimum Gasteiger partial charge on any atom is -0.394 e. The highest BCUT2D eigenvalue weighted by atomic mass is 16.3. The number of hydrogen-bond donors (Lipinski definition) is 5. The Hall–Kier alpha value is -1.96. The predicted octanol–water partition coefficient (Wildman–Crippen LogP) is -1.69. The van der Waals surface area contributed by atoms with Crippen molar-refractivity contribution < 1.29 is 24.9 Å². The Kier molecular flexibility index (Phi) is 6.65.